The number of nitrogens with two attached hydrogens (primary N) is 1. The standard InChI is InChI=1S/C8H14N4/c9-5-8(2-1-3-8)4-7-10-6-11-12-7/h6H,1-5,9H2,(H,10,11,12). The third kappa shape index (κ3) is 1.22. The van der Waals surface area contributed by atoms with Crippen LogP contribution in [0.3, 0.4) is 0 Å². The minimum atomic E-state index is 0.333. The van der Waals surface area contributed by atoms with Crippen LogP contribution in [-0.2, 0) is 6.42 Å². The second-order valence-electron chi connectivity index (χ2n) is 3.67. The maximum absolute atomic E-state index is 5.72. The first-order valence-electron chi connectivity index (χ1n) is 4.39. The van der Waals surface area contributed by atoms with Gasteiger partial charge in [-0.15, -0.1) is 0 Å². The molecule has 1 aliphatic carbocycles. The predicted octanol–water partition coefficient (Wildman–Crippen LogP) is 0.476. The van der Waals surface area contributed by atoms with Crippen molar-refractivity contribution in [3.63, 3.8) is 0 Å². The summed E-state index contributed by atoms with van der Waals surface area (Å²) in [6, 6.07) is 0. The molecule has 1 aromatic rings. The monoisotopic (exact) mass is 166 g/mol. The number of hydrogen-bond donors (Lipinski definition) is 2. The first kappa shape index (κ1) is 7.73. The first-order valence-corrected chi connectivity index (χ1v) is 4.39. The summed E-state index contributed by atoms with van der Waals surface area (Å²) in [4.78, 5) is 4.11. The summed E-state index contributed by atoms with van der Waals surface area (Å²) in [6.45, 7) is 0.772. The summed E-state index contributed by atoms with van der Waals surface area (Å²) in [5.41, 5.74) is 6.06. The fraction of sp³-hybridized carbons (Fsp3) is 0.750. The molecular formula is C8H14N4. The van der Waals surface area contributed by atoms with Crippen LogP contribution in [0.4, 0.5) is 0 Å². The van der Waals surface area contributed by atoms with Gasteiger partial charge < -0.3 is 5.73 Å². The summed E-state index contributed by atoms with van der Waals surface area (Å²) < 4.78 is 0. The van der Waals surface area contributed by atoms with Gasteiger partial charge in [0.25, 0.3) is 0 Å². The van der Waals surface area contributed by atoms with Crippen LogP contribution in [0, 0.1) is 5.41 Å². The Morgan fingerprint density at radius 3 is 2.83 bits per heavy atom. The molecule has 1 aliphatic rings. The van der Waals surface area contributed by atoms with Crippen LogP contribution in [0.5, 0.6) is 0 Å². The smallest absolute Gasteiger partial charge is 0.137 e. The van der Waals surface area contributed by atoms with Gasteiger partial charge in [-0.1, -0.05) is 6.42 Å². The Morgan fingerprint density at radius 2 is 2.42 bits per heavy atom. The van der Waals surface area contributed by atoms with E-state index in [4.69, 9.17) is 5.73 Å². The van der Waals surface area contributed by atoms with Crippen molar-refractivity contribution in [2.24, 2.45) is 11.1 Å². The van der Waals surface area contributed by atoms with E-state index in [0.717, 1.165) is 18.8 Å². The third-order valence-corrected chi connectivity index (χ3v) is 2.85. The Bertz CT molecular complexity index is 232. The number of hydrogen-bond acceptors (Lipinski definition) is 3. The number of rotatable bonds is 3. The molecular weight excluding hydrogens is 152 g/mol. The summed E-state index contributed by atoms with van der Waals surface area (Å²) in [7, 11) is 0. The highest BCUT2D eigenvalue weighted by Gasteiger charge is 2.36. The molecule has 0 radical (unpaired) electrons. The number of nitrogens with zero attached hydrogens (tertiary/aromatic N) is 2. The van der Waals surface area contributed by atoms with Gasteiger partial charge in [-0.25, -0.2) is 4.98 Å². The third-order valence-electron chi connectivity index (χ3n) is 2.85. The van der Waals surface area contributed by atoms with Crippen molar-refractivity contribution >= 4 is 0 Å². The molecule has 4 nitrogen and oxygen atoms in total. The molecule has 4 heteroatoms. The van der Waals surface area contributed by atoms with E-state index in [2.05, 4.69) is 15.2 Å². The summed E-state index contributed by atoms with van der Waals surface area (Å²) in [6.07, 6.45) is 6.31. The minimum Gasteiger partial charge on any atom is -0.330 e. The average Bonchev–Trinajstić information content (AvgIpc) is 2.49. The highest BCUT2D eigenvalue weighted by atomic mass is 15.2. The Balaban J connectivity index is 2.01. The molecule has 2 rings (SSSR count). The molecule has 0 amide bonds. The van der Waals surface area contributed by atoms with Crippen LogP contribution < -0.4 is 5.73 Å². The summed E-state index contributed by atoms with van der Waals surface area (Å²) >= 11 is 0. The zero-order valence-electron chi connectivity index (χ0n) is 7.08. The Labute approximate surface area is 71.6 Å². The molecule has 0 aliphatic heterocycles. The highest BCUT2D eigenvalue weighted by molar-refractivity contribution is 4.97. The number of aromatic amines is 1. The lowest BCUT2D eigenvalue weighted by Crippen LogP contribution is -2.39. The van der Waals surface area contributed by atoms with Gasteiger partial charge in [0.1, 0.15) is 12.2 Å². The van der Waals surface area contributed by atoms with Crippen molar-refractivity contribution in [2.45, 2.75) is 25.7 Å². The summed E-state index contributed by atoms with van der Waals surface area (Å²) in [5, 5.41) is 6.70. The van der Waals surface area contributed by atoms with Crippen LogP contribution in [0.2, 0.25) is 0 Å². The molecule has 1 heterocycles. The van der Waals surface area contributed by atoms with Crippen molar-refractivity contribution in [1.82, 2.24) is 15.2 Å². The quantitative estimate of drug-likeness (QED) is 0.686. The predicted molar refractivity (Wildman–Crippen MR) is 45.4 cm³/mol. The molecule has 0 atom stereocenters. The molecule has 3 N–H and O–H groups in total. The van der Waals surface area contributed by atoms with E-state index in [1.807, 2.05) is 0 Å². The lowest BCUT2D eigenvalue weighted by atomic mass is 9.66. The maximum Gasteiger partial charge on any atom is 0.137 e. The van der Waals surface area contributed by atoms with Gasteiger partial charge in [0.05, 0.1) is 0 Å². The molecule has 0 unspecified atom stereocenters. The Hall–Kier alpha value is -0.900. The van der Waals surface area contributed by atoms with Gasteiger partial charge in [-0.2, -0.15) is 5.10 Å². The number of aromatic nitrogens is 3. The molecule has 0 bridgehead atoms. The Morgan fingerprint density at radius 1 is 1.58 bits per heavy atom. The fourth-order valence-electron chi connectivity index (χ4n) is 1.80. The van der Waals surface area contributed by atoms with Crippen molar-refractivity contribution in [3.8, 4) is 0 Å². The van der Waals surface area contributed by atoms with E-state index < -0.39 is 0 Å². The average molecular weight is 166 g/mol. The fourth-order valence-corrected chi connectivity index (χ4v) is 1.80. The van der Waals surface area contributed by atoms with Crippen LogP contribution in [-0.4, -0.2) is 21.7 Å². The van der Waals surface area contributed by atoms with Crippen molar-refractivity contribution in [1.29, 1.82) is 0 Å². The topological polar surface area (TPSA) is 67.6 Å². The zero-order valence-corrected chi connectivity index (χ0v) is 7.08. The maximum atomic E-state index is 5.72. The molecule has 12 heavy (non-hydrogen) atoms. The van der Waals surface area contributed by atoms with Gasteiger partial charge in [0, 0.05) is 6.42 Å². The molecule has 1 fully saturated rings. The SMILES string of the molecule is NCC1(Cc2ncn[nH]2)CCC1. The zero-order chi connectivity index (χ0) is 8.44. The van der Waals surface area contributed by atoms with Crippen LogP contribution in [0.25, 0.3) is 0 Å². The lowest BCUT2D eigenvalue weighted by molar-refractivity contribution is 0.141. The molecule has 1 saturated carbocycles. The van der Waals surface area contributed by atoms with Crippen LogP contribution in [0.1, 0.15) is 25.1 Å². The minimum absolute atomic E-state index is 0.333. The van der Waals surface area contributed by atoms with E-state index >= 15 is 0 Å². The van der Waals surface area contributed by atoms with E-state index in [1.54, 1.807) is 6.33 Å². The largest absolute Gasteiger partial charge is 0.330 e. The van der Waals surface area contributed by atoms with Gasteiger partial charge in [0.2, 0.25) is 0 Å². The molecule has 0 spiro atoms. The number of H-pyrrole nitrogens is 1. The highest BCUT2D eigenvalue weighted by Crippen LogP contribution is 2.41. The normalized spacial score (nSPS) is 20.4. The van der Waals surface area contributed by atoms with Crippen molar-refractivity contribution < 1.29 is 0 Å². The van der Waals surface area contributed by atoms with E-state index in [-0.39, 0.29) is 0 Å². The second kappa shape index (κ2) is 2.86. The number of nitrogens with one attached hydrogen (secondary N) is 1. The van der Waals surface area contributed by atoms with Gasteiger partial charge in [0.15, 0.2) is 0 Å². The van der Waals surface area contributed by atoms with Crippen molar-refractivity contribution in [3.05, 3.63) is 12.2 Å². The van der Waals surface area contributed by atoms with E-state index in [0.29, 0.717) is 5.41 Å². The first-order chi connectivity index (χ1) is 5.85. The lowest BCUT2D eigenvalue weighted by Gasteiger charge is -2.40. The molecule has 66 valence electrons. The Kier molecular flexibility index (Phi) is 1.84. The van der Waals surface area contributed by atoms with E-state index in [1.165, 1.54) is 19.3 Å². The summed E-state index contributed by atoms with van der Waals surface area (Å²) in [5.74, 6) is 0.972. The van der Waals surface area contributed by atoms with Crippen LogP contribution >= 0.6 is 0 Å². The van der Waals surface area contributed by atoms with Crippen LogP contribution in [0.15, 0.2) is 6.33 Å². The van der Waals surface area contributed by atoms with Gasteiger partial charge in [-0.3, -0.25) is 5.10 Å². The second-order valence-corrected chi connectivity index (χ2v) is 3.67. The van der Waals surface area contributed by atoms with Gasteiger partial charge >= 0.3 is 0 Å². The molecule has 0 aromatic carbocycles. The van der Waals surface area contributed by atoms with Gasteiger partial charge in [-0.05, 0) is 24.8 Å². The van der Waals surface area contributed by atoms with E-state index in [9.17, 15) is 0 Å². The molecule has 0 saturated heterocycles. The molecule has 1 aromatic heterocycles. The van der Waals surface area contributed by atoms with Crippen molar-refractivity contribution in [2.75, 3.05) is 6.54 Å².